The highest BCUT2D eigenvalue weighted by Crippen LogP contribution is 2.49. The monoisotopic (exact) mass is 225 g/mol. The lowest BCUT2D eigenvalue weighted by molar-refractivity contribution is 0.637. The molecule has 3 rings (SSSR count). The smallest absolute Gasteiger partial charge is 0.0705 e. The first-order valence-electron chi connectivity index (χ1n) is 6.74. The second-order valence-electron chi connectivity index (χ2n) is 5.17. The number of hydrogen-bond donors (Lipinski definition) is 0. The molecule has 1 aromatic carbocycles. The first-order chi connectivity index (χ1) is 8.38. The van der Waals surface area contributed by atoms with Crippen LogP contribution >= 0.6 is 0 Å². The quantitative estimate of drug-likeness (QED) is 0.745. The summed E-state index contributed by atoms with van der Waals surface area (Å²) in [6.07, 6.45) is 5.42. The Morgan fingerprint density at radius 2 is 2.06 bits per heavy atom. The Morgan fingerprint density at radius 3 is 2.94 bits per heavy atom. The van der Waals surface area contributed by atoms with Crippen LogP contribution in [-0.2, 0) is 0 Å². The van der Waals surface area contributed by atoms with Crippen LogP contribution < -0.4 is 0 Å². The summed E-state index contributed by atoms with van der Waals surface area (Å²) in [5.41, 5.74) is 2.45. The summed E-state index contributed by atoms with van der Waals surface area (Å²) in [7, 11) is 0. The molecule has 2 atom stereocenters. The van der Waals surface area contributed by atoms with E-state index in [1.165, 1.54) is 36.8 Å². The van der Waals surface area contributed by atoms with Gasteiger partial charge in [-0.3, -0.25) is 4.98 Å². The van der Waals surface area contributed by atoms with Crippen molar-refractivity contribution in [2.24, 2.45) is 5.92 Å². The van der Waals surface area contributed by atoms with E-state index in [0.29, 0.717) is 0 Å². The van der Waals surface area contributed by atoms with Gasteiger partial charge in [0.15, 0.2) is 0 Å². The summed E-state index contributed by atoms with van der Waals surface area (Å²) >= 11 is 0. The van der Waals surface area contributed by atoms with Crippen molar-refractivity contribution in [3.05, 3.63) is 42.1 Å². The van der Waals surface area contributed by atoms with Gasteiger partial charge in [-0.1, -0.05) is 44.0 Å². The van der Waals surface area contributed by atoms with Crippen LogP contribution in [0.15, 0.2) is 36.4 Å². The molecule has 0 spiro atoms. The first-order valence-corrected chi connectivity index (χ1v) is 6.74. The first kappa shape index (κ1) is 10.8. The van der Waals surface area contributed by atoms with E-state index in [-0.39, 0.29) is 0 Å². The fourth-order valence-electron chi connectivity index (χ4n) is 2.68. The third kappa shape index (κ3) is 2.19. The number of benzene rings is 1. The van der Waals surface area contributed by atoms with Gasteiger partial charge in [0.2, 0.25) is 0 Å². The molecule has 1 saturated carbocycles. The summed E-state index contributed by atoms with van der Waals surface area (Å²) in [6, 6.07) is 12.8. The molecule has 1 aliphatic rings. The summed E-state index contributed by atoms with van der Waals surface area (Å²) < 4.78 is 0. The van der Waals surface area contributed by atoms with Gasteiger partial charge >= 0.3 is 0 Å². The van der Waals surface area contributed by atoms with Crippen LogP contribution in [-0.4, -0.2) is 4.98 Å². The van der Waals surface area contributed by atoms with Crippen molar-refractivity contribution in [2.75, 3.05) is 0 Å². The molecule has 1 fully saturated rings. The average Bonchev–Trinajstić information content (AvgIpc) is 3.15. The molecule has 88 valence electrons. The average molecular weight is 225 g/mol. The second kappa shape index (κ2) is 4.48. The second-order valence-corrected chi connectivity index (χ2v) is 5.17. The van der Waals surface area contributed by atoms with E-state index in [1.807, 2.05) is 0 Å². The Bertz CT molecular complexity index is 518. The van der Waals surface area contributed by atoms with Crippen molar-refractivity contribution in [2.45, 2.75) is 38.5 Å². The van der Waals surface area contributed by atoms with E-state index in [1.54, 1.807) is 0 Å². The lowest BCUT2D eigenvalue weighted by atomic mass is 10.1. The van der Waals surface area contributed by atoms with Crippen molar-refractivity contribution in [1.82, 2.24) is 4.98 Å². The molecule has 17 heavy (non-hydrogen) atoms. The van der Waals surface area contributed by atoms with Crippen LogP contribution in [0.4, 0.5) is 0 Å². The number of unbranched alkanes of at least 4 members (excludes halogenated alkanes) is 1. The Kier molecular flexibility index (Phi) is 2.84. The number of hydrogen-bond acceptors (Lipinski definition) is 1. The molecule has 2 aromatic rings. The molecule has 0 N–H and O–H groups in total. The van der Waals surface area contributed by atoms with Crippen molar-refractivity contribution in [3.63, 3.8) is 0 Å². The number of para-hydroxylation sites is 1. The highest BCUT2D eigenvalue weighted by atomic mass is 14.7. The molecular formula is C16H19N. The van der Waals surface area contributed by atoms with Gasteiger partial charge in [-0.2, -0.15) is 0 Å². The van der Waals surface area contributed by atoms with Gasteiger partial charge in [-0.15, -0.1) is 0 Å². The predicted molar refractivity (Wildman–Crippen MR) is 72.1 cm³/mol. The Labute approximate surface area is 103 Å². The largest absolute Gasteiger partial charge is 0.253 e. The van der Waals surface area contributed by atoms with Crippen molar-refractivity contribution in [3.8, 4) is 0 Å². The van der Waals surface area contributed by atoms with E-state index in [4.69, 9.17) is 4.98 Å². The van der Waals surface area contributed by atoms with Crippen LogP contribution in [0.3, 0.4) is 0 Å². The number of rotatable bonds is 4. The fourth-order valence-corrected chi connectivity index (χ4v) is 2.68. The predicted octanol–water partition coefficient (Wildman–Crippen LogP) is 4.53. The van der Waals surface area contributed by atoms with Gasteiger partial charge in [-0.25, -0.2) is 0 Å². The van der Waals surface area contributed by atoms with Crippen molar-refractivity contribution < 1.29 is 0 Å². The lowest BCUT2D eigenvalue weighted by Crippen LogP contribution is -1.89. The molecule has 0 bridgehead atoms. The van der Waals surface area contributed by atoms with Crippen LogP contribution in [0, 0.1) is 5.92 Å². The van der Waals surface area contributed by atoms with E-state index >= 15 is 0 Å². The minimum Gasteiger partial charge on any atom is -0.253 e. The molecule has 0 amide bonds. The van der Waals surface area contributed by atoms with Gasteiger partial charge in [0.1, 0.15) is 0 Å². The maximum absolute atomic E-state index is 4.80. The topological polar surface area (TPSA) is 12.9 Å². The summed E-state index contributed by atoms with van der Waals surface area (Å²) in [6.45, 7) is 2.27. The summed E-state index contributed by atoms with van der Waals surface area (Å²) in [4.78, 5) is 4.80. The maximum atomic E-state index is 4.80. The van der Waals surface area contributed by atoms with Crippen LogP contribution in [0.2, 0.25) is 0 Å². The molecule has 1 aliphatic carbocycles. The summed E-state index contributed by atoms with van der Waals surface area (Å²) in [5.74, 6) is 1.65. The SMILES string of the molecule is CCCCC1CC1c1ccc2ccccc2n1. The van der Waals surface area contributed by atoms with Gasteiger partial charge in [-0.05, 0) is 30.9 Å². The minimum absolute atomic E-state index is 0.742. The lowest BCUT2D eigenvalue weighted by Gasteiger charge is -2.02. The Morgan fingerprint density at radius 1 is 1.18 bits per heavy atom. The summed E-state index contributed by atoms with van der Waals surface area (Å²) in [5, 5.41) is 1.25. The number of aromatic nitrogens is 1. The molecule has 0 saturated heterocycles. The molecule has 2 unspecified atom stereocenters. The Balaban J connectivity index is 1.78. The van der Waals surface area contributed by atoms with E-state index in [2.05, 4.69) is 43.3 Å². The fraction of sp³-hybridized carbons (Fsp3) is 0.438. The third-order valence-corrected chi connectivity index (χ3v) is 3.85. The van der Waals surface area contributed by atoms with Gasteiger partial charge < -0.3 is 0 Å². The van der Waals surface area contributed by atoms with E-state index < -0.39 is 0 Å². The highest BCUT2D eigenvalue weighted by molar-refractivity contribution is 5.78. The minimum atomic E-state index is 0.742. The van der Waals surface area contributed by atoms with Gasteiger partial charge in [0.25, 0.3) is 0 Å². The number of fused-ring (bicyclic) bond motifs is 1. The van der Waals surface area contributed by atoms with Gasteiger partial charge in [0.05, 0.1) is 5.52 Å². The number of pyridine rings is 1. The molecule has 0 radical (unpaired) electrons. The Hall–Kier alpha value is -1.37. The highest BCUT2D eigenvalue weighted by Gasteiger charge is 2.38. The van der Waals surface area contributed by atoms with E-state index in [9.17, 15) is 0 Å². The zero-order chi connectivity index (χ0) is 11.7. The molecule has 1 heteroatoms. The van der Waals surface area contributed by atoms with Gasteiger partial charge in [0, 0.05) is 17.0 Å². The van der Waals surface area contributed by atoms with Crippen molar-refractivity contribution >= 4 is 10.9 Å². The molecule has 1 heterocycles. The molecule has 1 nitrogen and oxygen atoms in total. The van der Waals surface area contributed by atoms with Crippen LogP contribution in [0.25, 0.3) is 10.9 Å². The van der Waals surface area contributed by atoms with Crippen molar-refractivity contribution in [1.29, 1.82) is 0 Å². The van der Waals surface area contributed by atoms with E-state index in [0.717, 1.165) is 17.4 Å². The van der Waals surface area contributed by atoms with Crippen LogP contribution in [0.1, 0.15) is 44.2 Å². The zero-order valence-electron chi connectivity index (χ0n) is 10.4. The number of nitrogens with zero attached hydrogens (tertiary/aromatic N) is 1. The normalized spacial score (nSPS) is 22.9. The zero-order valence-corrected chi connectivity index (χ0v) is 10.4. The molecule has 0 aliphatic heterocycles. The molecule has 1 aromatic heterocycles. The molecular weight excluding hydrogens is 206 g/mol. The third-order valence-electron chi connectivity index (χ3n) is 3.85. The maximum Gasteiger partial charge on any atom is 0.0705 e. The standard InChI is InChI=1S/C16H19N/c1-2-3-6-13-11-14(13)16-10-9-12-7-4-5-8-15(12)17-16/h4-5,7-10,13-14H,2-3,6,11H2,1H3. The van der Waals surface area contributed by atoms with Crippen LogP contribution in [0.5, 0.6) is 0 Å².